The van der Waals surface area contributed by atoms with Gasteiger partial charge >= 0.3 is 0 Å². The van der Waals surface area contributed by atoms with Crippen LogP contribution in [0.4, 0.5) is 22.7 Å². The second-order valence-corrected chi connectivity index (χ2v) is 22.5. The molecule has 6 nitrogen and oxygen atoms in total. The van der Waals surface area contributed by atoms with Crippen LogP contribution in [-0.4, -0.2) is 56.4 Å². The topological polar surface area (TPSA) is 31.4 Å². The quantitative estimate of drug-likeness (QED) is 0.0952. The van der Waals surface area contributed by atoms with Gasteiger partial charge in [-0.25, -0.2) is 0 Å². The predicted octanol–water partition coefficient (Wildman–Crippen LogP) is 14.1. The molecule has 0 aliphatic rings. The van der Waals surface area contributed by atoms with Crippen LogP contribution in [-0.2, 0) is 0 Å². The van der Waals surface area contributed by atoms with Crippen LogP contribution in [0.5, 0.6) is 11.5 Å². The summed E-state index contributed by atoms with van der Waals surface area (Å²) < 4.78 is 16.1. The molecule has 0 fully saturated rings. The maximum absolute atomic E-state index is 8.04. The Morgan fingerprint density at radius 1 is 0.292 bits per heavy atom. The van der Waals surface area contributed by atoms with Crippen molar-refractivity contribution in [2.45, 2.75) is 0 Å². The third-order valence-corrected chi connectivity index (χ3v) is 17.0. The Bertz CT molecular complexity index is 3120. The van der Waals surface area contributed by atoms with Crippen LogP contribution >= 0.6 is 16.3 Å². The van der Waals surface area contributed by atoms with Crippen LogP contribution in [0.2, 0.25) is 0 Å². The molecule has 0 atom stereocenters. The minimum Gasteiger partial charge on any atom is -0.463 e. The zero-order valence-electron chi connectivity index (χ0n) is 42.3. The Balaban J connectivity index is 1.32. The van der Waals surface area contributed by atoms with Gasteiger partial charge in [-0.1, -0.05) is 109 Å². The Kier molecular flexibility index (Phi) is 14.0. The van der Waals surface area contributed by atoms with Crippen LogP contribution in [0.3, 0.4) is 0 Å². The van der Waals surface area contributed by atoms with Crippen LogP contribution < -0.4 is 49.9 Å². The van der Waals surface area contributed by atoms with Gasteiger partial charge in [0.25, 0.3) is 0 Å². The van der Waals surface area contributed by atoms with Gasteiger partial charge in [0.2, 0.25) is 0 Å². The maximum Gasteiger partial charge on any atom is 0.150 e. The summed E-state index contributed by atoms with van der Waals surface area (Å²) in [5.74, 6) is 1.60. The Hall–Kier alpha value is -7.62. The molecule has 358 valence electrons. The number of hydrogen-bond acceptors (Lipinski definition) is 6. The fraction of sp³-hybridized carbons (Fsp3) is 0.125. The fourth-order valence-electron chi connectivity index (χ4n) is 9.24. The standard InChI is InChI=1S/C64H60N4O2P2/c1-65(2)49-27-35-53(36-28-49)71(54-37-29-50(30-38-54)66(3)4)69-63-59(45-19-11-9-12-20-45)43-47-23-15-17-25-57(47)61(63)62-58-26-18-16-24-48(58)44-60(46-21-13-10-14-22-46)64(62)70-72(55-39-31-51(32-40-55)67(5)6)56-41-33-52(34-42-56)68(7)8/h9-44H,1-8H3. The van der Waals surface area contributed by atoms with Crippen molar-refractivity contribution in [3.63, 3.8) is 0 Å². The molecule has 0 spiro atoms. The van der Waals surface area contributed by atoms with E-state index in [-0.39, 0.29) is 0 Å². The van der Waals surface area contributed by atoms with Gasteiger partial charge in [0.05, 0.1) is 0 Å². The normalized spacial score (nSPS) is 11.3. The van der Waals surface area contributed by atoms with Crippen molar-refractivity contribution >= 4 is 81.8 Å². The summed E-state index contributed by atoms with van der Waals surface area (Å²) in [7, 11) is 13.8. The van der Waals surface area contributed by atoms with E-state index in [2.05, 4.69) is 294 Å². The lowest BCUT2D eigenvalue weighted by Gasteiger charge is -2.29. The van der Waals surface area contributed by atoms with E-state index in [0.717, 1.165) is 110 Å². The summed E-state index contributed by atoms with van der Waals surface area (Å²) in [4.78, 5) is 8.56. The van der Waals surface area contributed by atoms with Crippen molar-refractivity contribution in [1.29, 1.82) is 0 Å². The number of hydrogen-bond donors (Lipinski definition) is 0. The predicted molar refractivity (Wildman–Crippen MR) is 314 cm³/mol. The van der Waals surface area contributed by atoms with Gasteiger partial charge in [0.15, 0.2) is 16.3 Å². The van der Waals surface area contributed by atoms with E-state index < -0.39 is 16.3 Å². The van der Waals surface area contributed by atoms with Crippen molar-refractivity contribution in [1.82, 2.24) is 0 Å². The van der Waals surface area contributed by atoms with Gasteiger partial charge in [-0.05, 0) is 142 Å². The summed E-state index contributed by atoms with van der Waals surface area (Å²) in [6.45, 7) is 0. The summed E-state index contributed by atoms with van der Waals surface area (Å²) in [6, 6.07) is 79.1. The number of benzene rings is 10. The highest BCUT2D eigenvalue weighted by Gasteiger charge is 2.31. The van der Waals surface area contributed by atoms with E-state index in [9.17, 15) is 0 Å². The minimum atomic E-state index is -1.45. The molecule has 0 saturated carbocycles. The molecule has 0 aromatic heterocycles. The monoisotopic (exact) mass is 978 g/mol. The highest BCUT2D eigenvalue weighted by Crippen LogP contribution is 2.57. The van der Waals surface area contributed by atoms with Crippen LogP contribution in [0.25, 0.3) is 54.9 Å². The van der Waals surface area contributed by atoms with E-state index in [0.29, 0.717) is 0 Å². The Morgan fingerprint density at radius 3 is 0.833 bits per heavy atom. The fourth-order valence-corrected chi connectivity index (χ4v) is 12.7. The third kappa shape index (κ3) is 9.86. The van der Waals surface area contributed by atoms with Crippen LogP contribution in [0, 0.1) is 0 Å². The first-order valence-corrected chi connectivity index (χ1v) is 26.8. The molecule has 10 rings (SSSR count). The second kappa shape index (κ2) is 21.0. The molecule has 8 heteroatoms. The highest BCUT2D eigenvalue weighted by molar-refractivity contribution is 7.69. The smallest absolute Gasteiger partial charge is 0.150 e. The summed E-state index contributed by atoms with van der Waals surface area (Å²) in [5, 5.41) is 8.79. The highest BCUT2D eigenvalue weighted by atomic mass is 31.1. The lowest BCUT2D eigenvalue weighted by Crippen LogP contribution is -2.19. The maximum atomic E-state index is 8.04. The zero-order valence-corrected chi connectivity index (χ0v) is 44.1. The Labute approximate surface area is 428 Å². The largest absolute Gasteiger partial charge is 0.463 e. The van der Waals surface area contributed by atoms with Crippen molar-refractivity contribution in [3.8, 4) is 44.9 Å². The first-order valence-electron chi connectivity index (χ1n) is 24.3. The van der Waals surface area contributed by atoms with E-state index >= 15 is 0 Å². The minimum absolute atomic E-state index is 0.801. The van der Waals surface area contributed by atoms with Crippen molar-refractivity contribution in [2.75, 3.05) is 76.0 Å². The average Bonchev–Trinajstić information content (AvgIpc) is 3.41. The van der Waals surface area contributed by atoms with Gasteiger partial charge < -0.3 is 28.6 Å². The van der Waals surface area contributed by atoms with E-state index in [1.807, 2.05) is 0 Å². The molecular formula is C64H60N4O2P2. The molecule has 72 heavy (non-hydrogen) atoms. The van der Waals surface area contributed by atoms with E-state index in [1.165, 1.54) is 0 Å². The molecule has 0 saturated heterocycles. The summed E-state index contributed by atoms with van der Waals surface area (Å²) in [6.07, 6.45) is 0. The molecule has 0 bridgehead atoms. The first kappa shape index (κ1) is 48.0. The zero-order chi connectivity index (χ0) is 49.9. The van der Waals surface area contributed by atoms with Crippen molar-refractivity contribution in [2.24, 2.45) is 0 Å². The number of anilines is 4. The van der Waals surface area contributed by atoms with E-state index in [1.54, 1.807) is 0 Å². The van der Waals surface area contributed by atoms with Gasteiger partial charge in [0.1, 0.15) is 11.5 Å². The van der Waals surface area contributed by atoms with Gasteiger partial charge in [-0.2, -0.15) is 0 Å². The first-order chi connectivity index (χ1) is 35.0. The lowest BCUT2D eigenvalue weighted by atomic mass is 9.86. The van der Waals surface area contributed by atoms with E-state index in [4.69, 9.17) is 9.05 Å². The molecule has 0 unspecified atom stereocenters. The molecule has 10 aromatic carbocycles. The van der Waals surface area contributed by atoms with Gasteiger partial charge in [-0.15, -0.1) is 0 Å². The Morgan fingerprint density at radius 2 is 0.556 bits per heavy atom. The molecule has 0 aliphatic heterocycles. The second-order valence-electron chi connectivity index (χ2n) is 18.8. The molecule has 0 N–H and O–H groups in total. The molecule has 0 heterocycles. The molecule has 10 aromatic rings. The average molecular weight is 979 g/mol. The number of fused-ring (bicyclic) bond motifs is 2. The molecule has 0 aliphatic carbocycles. The lowest BCUT2D eigenvalue weighted by molar-refractivity contribution is 0.626. The summed E-state index contributed by atoms with van der Waals surface area (Å²) >= 11 is 0. The third-order valence-electron chi connectivity index (χ3n) is 13.2. The molecular weight excluding hydrogens is 919 g/mol. The summed E-state index contributed by atoms with van der Waals surface area (Å²) in [5.41, 5.74) is 10.6. The SMILES string of the molecule is CN(C)c1ccc(P(Oc2c(-c3ccccc3)cc3ccccc3c2-c2c(OP(c3ccc(N(C)C)cc3)c3ccc(N(C)C)cc3)c(-c3ccccc3)cc3ccccc23)c2ccc(N(C)C)cc2)cc1. The van der Waals surface area contributed by atoms with Gasteiger partial charge in [-0.3, -0.25) is 0 Å². The van der Waals surface area contributed by atoms with Crippen molar-refractivity contribution < 1.29 is 9.05 Å². The van der Waals surface area contributed by atoms with Gasteiger partial charge in [0, 0.05) is 123 Å². The van der Waals surface area contributed by atoms with Crippen molar-refractivity contribution in [3.05, 3.63) is 218 Å². The van der Waals surface area contributed by atoms with Crippen LogP contribution in [0.15, 0.2) is 218 Å². The number of nitrogens with zero attached hydrogens (tertiary/aromatic N) is 4. The number of rotatable bonds is 15. The molecule has 0 radical (unpaired) electrons. The van der Waals surface area contributed by atoms with Crippen LogP contribution in [0.1, 0.15) is 0 Å². The molecule has 0 amide bonds.